The zero-order chi connectivity index (χ0) is 26.3. The number of para-hydroxylation sites is 2. The van der Waals surface area contributed by atoms with Crippen molar-refractivity contribution in [2.75, 3.05) is 13.1 Å². The van der Waals surface area contributed by atoms with E-state index in [0.29, 0.717) is 11.3 Å². The van der Waals surface area contributed by atoms with Gasteiger partial charge >= 0.3 is 5.97 Å². The van der Waals surface area contributed by atoms with E-state index in [0.717, 1.165) is 18.6 Å². The van der Waals surface area contributed by atoms with Crippen molar-refractivity contribution in [1.29, 1.82) is 0 Å². The molecule has 0 saturated heterocycles. The third kappa shape index (κ3) is 17.2. The first-order valence-corrected chi connectivity index (χ1v) is 13.6. The smallest absolute Gasteiger partial charge is 0.304 e. The maximum Gasteiger partial charge on any atom is 0.304 e. The van der Waals surface area contributed by atoms with Gasteiger partial charge in [0.15, 0.2) is 5.12 Å². The van der Waals surface area contributed by atoms with Crippen molar-refractivity contribution in [1.82, 2.24) is 9.97 Å². The van der Waals surface area contributed by atoms with E-state index in [-0.39, 0.29) is 6.42 Å². The number of imidazole rings is 1. The minimum atomic E-state index is -1.06. The third-order valence-corrected chi connectivity index (χ3v) is 5.84. The summed E-state index contributed by atoms with van der Waals surface area (Å²) in [5.41, 5.74) is 12.2. The highest BCUT2D eigenvalue weighted by Gasteiger charge is 2.24. The maximum absolute atomic E-state index is 11.3. The fraction of sp³-hybridized carbons (Fsp3) is 0.667. The number of H-pyrrole nitrogens is 1. The number of unbranched alkanes of at least 4 members (excludes halogenated alkanes) is 10. The number of aliphatic carboxylic acids is 1. The molecule has 1 heterocycles. The van der Waals surface area contributed by atoms with Crippen molar-refractivity contribution < 1.29 is 14.7 Å². The first-order valence-electron chi connectivity index (χ1n) is 13.2. The van der Waals surface area contributed by atoms with Crippen LogP contribution in [0.2, 0.25) is 0 Å². The summed E-state index contributed by atoms with van der Waals surface area (Å²) in [6.45, 7) is 6.21. The predicted molar refractivity (Wildman–Crippen MR) is 150 cm³/mol. The zero-order valence-electron chi connectivity index (χ0n) is 21.8. The molecule has 0 bridgehead atoms. The molecule has 1 atom stereocenters. The molecule has 0 aliphatic rings. The number of rotatable bonds is 16. The minimum Gasteiger partial charge on any atom is -0.481 e. The van der Waals surface area contributed by atoms with Gasteiger partial charge in [-0.25, -0.2) is 4.98 Å². The third-order valence-electron chi connectivity index (χ3n) is 5.53. The second-order valence-electron chi connectivity index (χ2n) is 8.74. The Morgan fingerprint density at radius 2 is 1.37 bits per heavy atom. The zero-order valence-corrected chi connectivity index (χ0v) is 22.7. The van der Waals surface area contributed by atoms with E-state index in [2.05, 4.69) is 36.4 Å². The molecule has 2 rings (SSSR count). The van der Waals surface area contributed by atoms with Crippen molar-refractivity contribution in [3.8, 4) is 0 Å². The molecule has 8 heteroatoms. The molecule has 0 amide bonds. The van der Waals surface area contributed by atoms with E-state index >= 15 is 0 Å². The van der Waals surface area contributed by atoms with Gasteiger partial charge in [-0.15, -0.1) is 12.6 Å². The minimum absolute atomic E-state index is 0.317. The quantitative estimate of drug-likeness (QED) is 0.135. The lowest BCUT2D eigenvalue weighted by molar-refractivity contribution is -0.138. The molecule has 1 aromatic carbocycles. The van der Waals surface area contributed by atoms with Crippen LogP contribution in [-0.2, 0) is 9.59 Å². The summed E-state index contributed by atoms with van der Waals surface area (Å²) in [4.78, 5) is 29.1. The number of carbonyl (C=O) groups is 2. The predicted octanol–water partition coefficient (Wildman–Crippen LogP) is 6.19. The molecule has 2 aromatic rings. The lowest BCUT2D eigenvalue weighted by atomic mass is 10.1. The van der Waals surface area contributed by atoms with Crippen LogP contribution in [0.4, 0.5) is 0 Å². The Balaban J connectivity index is 0.000000549. The maximum atomic E-state index is 11.3. The number of nitrogens with zero attached hydrogens (tertiary/aromatic N) is 1. The SMILES string of the molecule is CCCCCCCCN.CCCCCCCCN.O=C(O)CC(C(=O)S)c1nc2ccccc2[nH]1. The second-order valence-corrected chi connectivity index (χ2v) is 9.18. The number of aromatic nitrogens is 2. The lowest BCUT2D eigenvalue weighted by Crippen LogP contribution is -2.13. The van der Waals surface area contributed by atoms with Gasteiger partial charge in [0.1, 0.15) is 5.82 Å². The molecule has 200 valence electrons. The molecule has 0 spiro atoms. The molecule has 35 heavy (non-hydrogen) atoms. The van der Waals surface area contributed by atoms with Crippen LogP contribution in [0, 0.1) is 0 Å². The fourth-order valence-electron chi connectivity index (χ4n) is 3.46. The van der Waals surface area contributed by atoms with Gasteiger partial charge in [0.05, 0.1) is 23.4 Å². The van der Waals surface area contributed by atoms with Gasteiger partial charge in [-0.05, 0) is 38.1 Å². The van der Waals surface area contributed by atoms with E-state index in [4.69, 9.17) is 16.6 Å². The van der Waals surface area contributed by atoms with Crippen molar-refractivity contribution in [3.05, 3.63) is 30.1 Å². The Labute approximate surface area is 217 Å². The Morgan fingerprint density at radius 3 is 1.80 bits per heavy atom. The van der Waals surface area contributed by atoms with Gasteiger partial charge in [0.25, 0.3) is 0 Å². The summed E-state index contributed by atoms with van der Waals surface area (Å²) >= 11 is 3.70. The van der Waals surface area contributed by atoms with Gasteiger partial charge < -0.3 is 21.6 Å². The first kappa shape index (κ1) is 33.1. The van der Waals surface area contributed by atoms with Gasteiger partial charge in [-0.3, -0.25) is 9.59 Å². The molecular weight excluding hydrogens is 460 g/mol. The Morgan fingerprint density at radius 1 is 0.886 bits per heavy atom. The number of benzene rings is 1. The van der Waals surface area contributed by atoms with Crippen LogP contribution in [0.1, 0.15) is 109 Å². The number of thiol groups is 1. The molecule has 0 saturated carbocycles. The number of carbonyl (C=O) groups excluding carboxylic acids is 1. The molecule has 7 nitrogen and oxygen atoms in total. The van der Waals surface area contributed by atoms with E-state index in [1.807, 2.05) is 18.2 Å². The van der Waals surface area contributed by atoms with Crippen molar-refractivity contribution in [2.45, 2.75) is 103 Å². The van der Waals surface area contributed by atoms with Crippen LogP contribution in [0.3, 0.4) is 0 Å². The van der Waals surface area contributed by atoms with E-state index in [1.165, 1.54) is 77.0 Å². The van der Waals surface area contributed by atoms with Crippen molar-refractivity contribution >= 4 is 34.7 Å². The highest BCUT2D eigenvalue weighted by Crippen LogP contribution is 2.22. The average Bonchev–Trinajstić information content (AvgIpc) is 3.27. The number of fused-ring (bicyclic) bond motifs is 1. The number of nitrogens with two attached hydrogens (primary N) is 2. The Hall–Kier alpha value is -1.90. The molecule has 0 radical (unpaired) electrons. The van der Waals surface area contributed by atoms with Gasteiger partial charge in [-0.1, -0.05) is 90.2 Å². The molecule has 1 unspecified atom stereocenters. The summed E-state index contributed by atoms with van der Waals surface area (Å²) in [5.74, 6) is -1.56. The molecular formula is C27H48N4O3S. The summed E-state index contributed by atoms with van der Waals surface area (Å²) in [6.07, 6.45) is 15.8. The Bertz CT molecular complexity index is 739. The van der Waals surface area contributed by atoms with Crippen LogP contribution in [-0.4, -0.2) is 39.2 Å². The average molecular weight is 509 g/mol. The number of carboxylic acid groups (broad SMARTS) is 1. The van der Waals surface area contributed by atoms with Crippen molar-refractivity contribution in [3.63, 3.8) is 0 Å². The summed E-state index contributed by atoms with van der Waals surface area (Å²) in [5, 5.41) is 8.23. The Kier molecular flexibility index (Phi) is 21.3. The largest absolute Gasteiger partial charge is 0.481 e. The highest BCUT2D eigenvalue weighted by molar-refractivity contribution is 7.96. The number of carboxylic acids is 1. The molecule has 0 fully saturated rings. The number of nitrogens with one attached hydrogen (secondary N) is 1. The molecule has 0 aliphatic heterocycles. The van der Waals surface area contributed by atoms with Gasteiger partial charge in [-0.2, -0.15) is 0 Å². The van der Waals surface area contributed by atoms with Crippen LogP contribution in [0.25, 0.3) is 11.0 Å². The monoisotopic (exact) mass is 508 g/mol. The fourth-order valence-corrected chi connectivity index (χ4v) is 3.68. The van der Waals surface area contributed by atoms with Crippen molar-refractivity contribution in [2.24, 2.45) is 11.5 Å². The van der Waals surface area contributed by atoms with E-state index in [1.54, 1.807) is 6.07 Å². The number of aromatic amines is 1. The summed E-state index contributed by atoms with van der Waals surface area (Å²) in [7, 11) is 0. The van der Waals surface area contributed by atoms with Gasteiger partial charge in [0.2, 0.25) is 0 Å². The topological polar surface area (TPSA) is 135 Å². The van der Waals surface area contributed by atoms with Crippen LogP contribution < -0.4 is 11.5 Å². The van der Waals surface area contributed by atoms with Gasteiger partial charge in [0, 0.05) is 0 Å². The van der Waals surface area contributed by atoms with Crippen LogP contribution in [0.5, 0.6) is 0 Å². The van der Waals surface area contributed by atoms with E-state index < -0.39 is 17.0 Å². The molecule has 6 N–H and O–H groups in total. The summed E-state index contributed by atoms with van der Waals surface area (Å²) in [6, 6.07) is 7.25. The highest BCUT2D eigenvalue weighted by atomic mass is 32.1. The van der Waals surface area contributed by atoms with Crippen LogP contribution >= 0.6 is 12.6 Å². The molecule has 0 aliphatic carbocycles. The summed E-state index contributed by atoms with van der Waals surface area (Å²) < 4.78 is 0. The number of hydrogen-bond acceptors (Lipinski definition) is 5. The standard InChI is InChI=1S/C11H10N2O3S.2C8H19N/c14-9(15)5-6(11(16)17)10-12-7-3-1-2-4-8(7)13-10;2*1-2-3-4-5-6-7-8-9/h1-4,6H,5H2,(H,12,13)(H,14,15)(H,16,17);2*2-9H2,1H3. The first-order chi connectivity index (χ1) is 16.9. The lowest BCUT2D eigenvalue weighted by Gasteiger charge is -2.06. The molecule has 1 aromatic heterocycles. The van der Waals surface area contributed by atoms with E-state index in [9.17, 15) is 9.59 Å². The second kappa shape index (κ2) is 22.6. The normalized spacial score (nSPS) is 11.2. The van der Waals surface area contributed by atoms with Crippen LogP contribution in [0.15, 0.2) is 24.3 Å². The number of hydrogen-bond donors (Lipinski definition) is 5.